The molecule has 2 rings (SSSR count). The Hall–Kier alpha value is -1.44. The zero-order chi connectivity index (χ0) is 14.8. The molecule has 1 heterocycles. The number of hydrazine groups is 1. The third kappa shape index (κ3) is 3.17. The summed E-state index contributed by atoms with van der Waals surface area (Å²) in [6.45, 7) is 0. The van der Waals surface area contributed by atoms with E-state index in [1.54, 1.807) is 24.3 Å². The van der Waals surface area contributed by atoms with Crippen molar-refractivity contribution >= 4 is 15.9 Å². The highest BCUT2D eigenvalue weighted by Crippen LogP contribution is 2.35. The molecule has 0 amide bonds. The number of halogens is 4. The van der Waals surface area contributed by atoms with Crippen molar-refractivity contribution in [3.05, 3.63) is 63.9 Å². The maximum atomic E-state index is 13.0. The number of hydrogen-bond acceptors (Lipinski definition) is 3. The number of nitrogens with one attached hydrogen (secondary N) is 1. The van der Waals surface area contributed by atoms with Crippen LogP contribution in [0.3, 0.4) is 0 Å². The van der Waals surface area contributed by atoms with E-state index in [1.807, 2.05) is 0 Å². The highest BCUT2D eigenvalue weighted by atomic mass is 79.9. The van der Waals surface area contributed by atoms with E-state index < -0.39 is 17.8 Å². The third-order valence-corrected chi connectivity index (χ3v) is 3.37. The summed E-state index contributed by atoms with van der Waals surface area (Å²) in [4.78, 5) is 3.77. The van der Waals surface area contributed by atoms with Crippen molar-refractivity contribution < 1.29 is 13.2 Å². The van der Waals surface area contributed by atoms with E-state index in [2.05, 4.69) is 26.3 Å². The topological polar surface area (TPSA) is 50.9 Å². The van der Waals surface area contributed by atoms with Gasteiger partial charge in [0.25, 0.3) is 0 Å². The Kier molecular flexibility index (Phi) is 4.42. The van der Waals surface area contributed by atoms with Gasteiger partial charge >= 0.3 is 6.18 Å². The van der Waals surface area contributed by atoms with Gasteiger partial charge in [-0.1, -0.05) is 28.1 Å². The Morgan fingerprint density at radius 3 is 2.35 bits per heavy atom. The summed E-state index contributed by atoms with van der Waals surface area (Å²) < 4.78 is 39.9. The first-order valence-corrected chi connectivity index (χ1v) is 6.45. The lowest BCUT2D eigenvalue weighted by Gasteiger charge is -2.21. The third-order valence-electron chi connectivity index (χ3n) is 2.84. The Balaban J connectivity index is 2.50. The molecule has 3 nitrogen and oxygen atoms in total. The van der Waals surface area contributed by atoms with Crippen LogP contribution in [0.4, 0.5) is 13.2 Å². The maximum absolute atomic E-state index is 13.0. The van der Waals surface area contributed by atoms with Gasteiger partial charge in [0.05, 0.1) is 11.6 Å². The Morgan fingerprint density at radius 2 is 1.80 bits per heavy atom. The van der Waals surface area contributed by atoms with Crippen molar-refractivity contribution in [3.8, 4) is 0 Å². The predicted octanol–water partition coefficient (Wildman–Crippen LogP) is 3.42. The fraction of sp³-hybridized carbons (Fsp3) is 0.154. The van der Waals surface area contributed by atoms with Crippen LogP contribution in [0.1, 0.15) is 22.7 Å². The summed E-state index contributed by atoms with van der Waals surface area (Å²) in [5.41, 5.74) is 2.27. The first kappa shape index (κ1) is 15.0. The summed E-state index contributed by atoms with van der Waals surface area (Å²) in [5.74, 6) is 5.43. The van der Waals surface area contributed by atoms with Crippen molar-refractivity contribution in [2.24, 2.45) is 5.84 Å². The quantitative estimate of drug-likeness (QED) is 0.662. The number of nitrogens with zero attached hydrogens (tertiary/aromatic N) is 1. The Labute approximate surface area is 122 Å². The maximum Gasteiger partial charge on any atom is 0.416 e. The van der Waals surface area contributed by atoms with E-state index >= 15 is 0 Å². The molecule has 1 aromatic heterocycles. The van der Waals surface area contributed by atoms with Crippen LogP contribution < -0.4 is 11.3 Å². The molecule has 0 fully saturated rings. The van der Waals surface area contributed by atoms with Crippen LogP contribution in [-0.2, 0) is 6.18 Å². The average Bonchev–Trinajstić information content (AvgIpc) is 2.41. The van der Waals surface area contributed by atoms with Gasteiger partial charge in [-0.25, -0.2) is 5.43 Å². The summed E-state index contributed by atoms with van der Waals surface area (Å²) in [6, 6.07) is 7.03. The van der Waals surface area contributed by atoms with Gasteiger partial charge in [-0.2, -0.15) is 13.2 Å². The molecule has 0 spiro atoms. The van der Waals surface area contributed by atoms with Gasteiger partial charge in [0.15, 0.2) is 0 Å². The molecular formula is C13H11BrF3N3. The minimum atomic E-state index is -4.46. The molecular weight excluding hydrogens is 335 g/mol. The number of rotatable bonds is 3. The number of alkyl halides is 3. The summed E-state index contributed by atoms with van der Waals surface area (Å²) >= 11 is 3.27. The van der Waals surface area contributed by atoms with E-state index in [0.29, 0.717) is 5.56 Å². The van der Waals surface area contributed by atoms with Gasteiger partial charge in [-0.05, 0) is 23.8 Å². The molecule has 1 atom stereocenters. The molecule has 0 aliphatic heterocycles. The van der Waals surface area contributed by atoms with Gasteiger partial charge < -0.3 is 0 Å². The molecule has 0 aliphatic carbocycles. The number of benzene rings is 1. The minimum absolute atomic E-state index is 0.00942. The van der Waals surface area contributed by atoms with Crippen LogP contribution in [-0.4, -0.2) is 4.98 Å². The molecule has 1 unspecified atom stereocenters. The van der Waals surface area contributed by atoms with Gasteiger partial charge in [0, 0.05) is 22.4 Å². The van der Waals surface area contributed by atoms with E-state index in [1.165, 1.54) is 6.20 Å². The van der Waals surface area contributed by atoms with Gasteiger partial charge in [-0.3, -0.25) is 10.8 Å². The zero-order valence-electron chi connectivity index (χ0n) is 10.2. The fourth-order valence-electron chi connectivity index (χ4n) is 1.92. The lowest BCUT2D eigenvalue weighted by molar-refractivity contribution is -0.138. The van der Waals surface area contributed by atoms with Crippen molar-refractivity contribution in [1.29, 1.82) is 0 Å². The van der Waals surface area contributed by atoms with Crippen LogP contribution in [0.2, 0.25) is 0 Å². The molecule has 0 saturated carbocycles. The SMILES string of the molecule is NNC(c1ccc(Br)cc1)c1cnccc1C(F)(F)F. The molecule has 0 saturated heterocycles. The molecule has 1 aromatic carbocycles. The average molecular weight is 346 g/mol. The van der Waals surface area contributed by atoms with Crippen molar-refractivity contribution in [1.82, 2.24) is 10.4 Å². The van der Waals surface area contributed by atoms with E-state index in [-0.39, 0.29) is 5.56 Å². The normalized spacial score (nSPS) is 13.2. The first-order valence-electron chi connectivity index (χ1n) is 5.66. The van der Waals surface area contributed by atoms with Crippen LogP contribution in [0.25, 0.3) is 0 Å². The summed E-state index contributed by atoms with van der Waals surface area (Å²) in [6.07, 6.45) is -2.17. The number of nitrogens with two attached hydrogens (primary N) is 1. The lowest BCUT2D eigenvalue weighted by Crippen LogP contribution is -2.30. The van der Waals surface area contributed by atoms with Gasteiger partial charge in [-0.15, -0.1) is 0 Å². The summed E-state index contributed by atoms with van der Waals surface area (Å²) in [7, 11) is 0. The molecule has 3 N–H and O–H groups in total. The molecule has 2 aromatic rings. The predicted molar refractivity (Wildman–Crippen MR) is 72.5 cm³/mol. The Morgan fingerprint density at radius 1 is 1.15 bits per heavy atom. The van der Waals surface area contributed by atoms with E-state index in [9.17, 15) is 13.2 Å². The van der Waals surface area contributed by atoms with Crippen LogP contribution >= 0.6 is 15.9 Å². The largest absolute Gasteiger partial charge is 0.416 e. The minimum Gasteiger partial charge on any atom is -0.271 e. The molecule has 106 valence electrons. The highest BCUT2D eigenvalue weighted by Gasteiger charge is 2.35. The van der Waals surface area contributed by atoms with Crippen LogP contribution in [0.5, 0.6) is 0 Å². The fourth-order valence-corrected chi connectivity index (χ4v) is 2.18. The van der Waals surface area contributed by atoms with E-state index in [0.717, 1.165) is 16.7 Å². The standard InChI is InChI=1S/C13H11BrF3N3/c14-9-3-1-8(2-4-9)12(20-18)10-7-19-6-5-11(10)13(15,16)17/h1-7,12,20H,18H2. The monoisotopic (exact) mass is 345 g/mol. The van der Waals surface area contributed by atoms with Crippen molar-refractivity contribution in [2.75, 3.05) is 0 Å². The molecule has 0 aliphatic rings. The molecule has 0 radical (unpaired) electrons. The zero-order valence-corrected chi connectivity index (χ0v) is 11.7. The number of hydrogen-bond donors (Lipinski definition) is 2. The molecule has 20 heavy (non-hydrogen) atoms. The summed E-state index contributed by atoms with van der Waals surface area (Å²) in [5, 5.41) is 0. The van der Waals surface area contributed by atoms with Crippen LogP contribution in [0, 0.1) is 0 Å². The second kappa shape index (κ2) is 5.90. The second-order valence-electron chi connectivity index (χ2n) is 4.11. The number of pyridine rings is 1. The smallest absolute Gasteiger partial charge is 0.271 e. The van der Waals surface area contributed by atoms with Crippen molar-refractivity contribution in [3.63, 3.8) is 0 Å². The molecule has 7 heteroatoms. The lowest BCUT2D eigenvalue weighted by atomic mass is 9.96. The molecule has 0 bridgehead atoms. The first-order chi connectivity index (χ1) is 9.43. The highest BCUT2D eigenvalue weighted by molar-refractivity contribution is 9.10. The van der Waals surface area contributed by atoms with E-state index in [4.69, 9.17) is 5.84 Å². The Bertz CT molecular complexity index is 584. The van der Waals surface area contributed by atoms with Crippen LogP contribution in [0.15, 0.2) is 47.2 Å². The number of aromatic nitrogens is 1. The van der Waals surface area contributed by atoms with Gasteiger partial charge in [0.2, 0.25) is 0 Å². The second-order valence-corrected chi connectivity index (χ2v) is 5.03. The van der Waals surface area contributed by atoms with Gasteiger partial charge in [0.1, 0.15) is 0 Å². The van der Waals surface area contributed by atoms with Crippen molar-refractivity contribution in [2.45, 2.75) is 12.2 Å².